The summed E-state index contributed by atoms with van der Waals surface area (Å²) in [5, 5.41) is 0. The first-order valence-corrected chi connectivity index (χ1v) is 10.5. The van der Waals surface area contributed by atoms with Crippen molar-refractivity contribution >= 4 is 11.8 Å². The molecule has 4 aliphatic rings. The number of carbonyl (C=O) groups excluding carboxylic acids is 2. The van der Waals surface area contributed by atoms with Crippen molar-refractivity contribution in [2.24, 2.45) is 40.4 Å². The Kier molecular flexibility index (Phi) is 4.48. The van der Waals surface area contributed by atoms with E-state index in [1.165, 1.54) is 38.2 Å². The first-order valence-electron chi connectivity index (χ1n) is 10.5. The van der Waals surface area contributed by atoms with Crippen molar-refractivity contribution < 1.29 is 14.3 Å². The van der Waals surface area contributed by atoms with Crippen LogP contribution in [0.1, 0.15) is 53.4 Å². The van der Waals surface area contributed by atoms with Gasteiger partial charge in [0, 0.05) is 12.3 Å². The van der Waals surface area contributed by atoms with Gasteiger partial charge in [-0.3, -0.25) is 9.59 Å². The van der Waals surface area contributed by atoms with E-state index >= 15 is 0 Å². The van der Waals surface area contributed by atoms with Crippen LogP contribution in [0, 0.1) is 40.4 Å². The highest BCUT2D eigenvalue weighted by Crippen LogP contribution is 2.65. The van der Waals surface area contributed by atoms with E-state index in [1.54, 1.807) is 6.08 Å². The fourth-order valence-corrected chi connectivity index (χ4v) is 6.99. The number of hydrogen-bond acceptors (Lipinski definition) is 3. The minimum absolute atomic E-state index is 0.00387. The third-order valence-corrected chi connectivity index (χ3v) is 8.42. The second kappa shape index (κ2) is 6.46. The number of carbonyl (C=O) groups is 2. The summed E-state index contributed by atoms with van der Waals surface area (Å²) in [5.41, 5.74) is 1.50. The molecule has 4 aliphatic carbocycles. The summed E-state index contributed by atoms with van der Waals surface area (Å²) < 4.78 is 5.34. The molecule has 7 atom stereocenters. The van der Waals surface area contributed by atoms with Crippen molar-refractivity contribution in [1.29, 1.82) is 0 Å². The highest BCUT2D eigenvalue weighted by atomic mass is 16.5. The van der Waals surface area contributed by atoms with Gasteiger partial charge in [-0.1, -0.05) is 39.0 Å². The van der Waals surface area contributed by atoms with Gasteiger partial charge in [-0.2, -0.15) is 0 Å². The number of rotatable bonds is 3. The van der Waals surface area contributed by atoms with Gasteiger partial charge in [0.2, 0.25) is 0 Å². The molecule has 4 rings (SSSR count). The van der Waals surface area contributed by atoms with E-state index in [0.29, 0.717) is 41.6 Å². The first kappa shape index (κ1) is 18.7. The highest BCUT2D eigenvalue weighted by molar-refractivity contribution is 6.01. The monoisotopic (exact) mass is 368 g/mol. The van der Waals surface area contributed by atoms with Crippen LogP contribution in [0.2, 0.25) is 0 Å². The molecular formula is C24H32O3. The lowest BCUT2D eigenvalue weighted by Crippen LogP contribution is -2.48. The summed E-state index contributed by atoms with van der Waals surface area (Å²) in [5.74, 6) is 2.81. The SMILES string of the molecule is CC(=O)OCC(C)[C@H]1CC[C@H]2[C@@H]3C=CC4=CC(=O)C=C[C@]4(C)[C@H]3CC[C@]12C. The van der Waals surface area contributed by atoms with Crippen molar-refractivity contribution in [3.05, 3.63) is 36.0 Å². The predicted molar refractivity (Wildman–Crippen MR) is 106 cm³/mol. The molecule has 2 saturated carbocycles. The minimum Gasteiger partial charge on any atom is -0.466 e. The smallest absolute Gasteiger partial charge is 0.302 e. The van der Waals surface area contributed by atoms with Crippen LogP contribution in [0.25, 0.3) is 0 Å². The lowest BCUT2D eigenvalue weighted by Gasteiger charge is -2.55. The van der Waals surface area contributed by atoms with Crippen LogP contribution >= 0.6 is 0 Å². The Morgan fingerprint density at radius 2 is 2.00 bits per heavy atom. The van der Waals surface area contributed by atoms with Crippen LogP contribution in [0.4, 0.5) is 0 Å². The van der Waals surface area contributed by atoms with Crippen molar-refractivity contribution in [2.45, 2.75) is 53.4 Å². The number of allylic oxidation sites excluding steroid dienone is 6. The summed E-state index contributed by atoms with van der Waals surface area (Å²) in [6, 6.07) is 0. The summed E-state index contributed by atoms with van der Waals surface area (Å²) in [6.45, 7) is 9.10. The van der Waals surface area contributed by atoms with Crippen LogP contribution in [0.5, 0.6) is 0 Å². The summed E-state index contributed by atoms with van der Waals surface area (Å²) in [7, 11) is 0. The molecule has 0 spiro atoms. The molecule has 0 saturated heterocycles. The van der Waals surface area contributed by atoms with Gasteiger partial charge in [-0.15, -0.1) is 0 Å². The van der Waals surface area contributed by atoms with Crippen molar-refractivity contribution in [1.82, 2.24) is 0 Å². The van der Waals surface area contributed by atoms with Gasteiger partial charge < -0.3 is 4.74 Å². The molecule has 0 aromatic carbocycles. The zero-order chi connectivity index (χ0) is 19.4. The maximum atomic E-state index is 11.8. The highest BCUT2D eigenvalue weighted by Gasteiger charge is 2.58. The number of hydrogen-bond donors (Lipinski definition) is 0. The van der Waals surface area contributed by atoms with E-state index in [-0.39, 0.29) is 17.2 Å². The number of ether oxygens (including phenoxy) is 1. The van der Waals surface area contributed by atoms with Gasteiger partial charge in [-0.25, -0.2) is 0 Å². The quantitative estimate of drug-likeness (QED) is 0.667. The Bertz CT molecular complexity index is 745. The Morgan fingerprint density at radius 1 is 1.22 bits per heavy atom. The van der Waals surface area contributed by atoms with Gasteiger partial charge in [0.1, 0.15) is 0 Å². The van der Waals surface area contributed by atoms with Gasteiger partial charge >= 0.3 is 5.97 Å². The summed E-state index contributed by atoms with van der Waals surface area (Å²) in [6.07, 6.45) is 15.3. The maximum absolute atomic E-state index is 11.8. The average molecular weight is 369 g/mol. The molecule has 27 heavy (non-hydrogen) atoms. The van der Waals surface area contributed by atoms with E-state index in [0.717, 1.165) is 0 Å². The number of esters is 1. The van der Waals surface area contributed by atoms with Crippen LogP contribution in [0.3, 0.4) is 0 Å². The number of fused-ring (bicyclic) bond motifs is 5. The van der Waals surface area contributed by atoms with Crippen LogP contribution in [0.15, 0.2) is 36.0 Å². The molecule has 0 N–H and O–H groups in total. The minimum atomic E-state index is -0.175. The topological polar surface area (TPSA) is 43.4 Å². The van der Waals surface area contributed by atoms with E-state index < -0.39 is 0 Å². The standard InChI is InChI=1S/C24H32O3/c1-15(14-27-16(2)25)20-7-8-21-19-6-5-17-13-18(26)9-11-23(17,3)22(19)10-12-24(20,21)4/h5-6,9,11,13,15,19-22H,7-8,10,12,14H2,1-4H3/t15?,19-,20+,21-,22-,23-,24+/m0/s1. The molecule has 2 fully saturated rings. The van der Waals surface area contributed by atoms with Crippen LogP contribution in [-0.2, 0) is 14.3 Å². The second-order valence-electron chi connectivity index (χ2n) is 9.78. The molecule has 146 valence electrons. The Labute approximate surface area is 162 Å². The van der Waals surface area contributed by atoms with Gasteiger partial charge in [0.15, 0.2) is 5.78 Å². The van der Waals surface area contributed by atoms with Crippen LogP contribution < -0.4 is 0 Å². The van der Waals surface area contributed by atoms with Gasteiger partial charge in [0.05, 0.1) is 6.61 Å². The van der Waals surface area contributed by atoms with E-state index in [9.17, 15) is 9.59 Å². The van der Waals surface area contributed by atoms with Crippen molar-refractivity contribution in [3.8, 4) is 0 Å². The Morgan fingerprint density at radius 3 is 2.74 bits per heavy atom. The Hall–Kier alpha value is -1.64. The third kappa shape index (κ3) is 2.85. The maximum Gasteiger partial charge on any atom is 0.302 e. The first-order chi connectivity index (χ1) is 12.8. The molecular weight excluding hydrogens is 336 g/mol. The second-order valence-corrected chi connectivity index (χ2v) is 9.78. The zero-order valence-electron chi connectivity index (χ0n) is 17.0. The van der Waals surface area contributed by atoms with Crippen LogP contribution in [-0.4, -0.2) is 18.4 Å². The van der Waals surface area contributed by atoms with Gasteiger partial charge in [0.25, 0.3) is 0 Å². The average Bonchev–Trinajstić information content (AvgIpc) is 2.97. The van der Waals surface area contributed by atoms with E-state index in [1.807, 2.05) is 6.08 Å². The van der Waals surface area contributed by atoms with E-state index in [2.05, 4.69) is 39.0 Å². The summed E-state index contributed by atoms with van der Waals surface area (Å²) >= 11 is 0. The van der Waals surface area contributed by atoms with Crippen molar-refractivity contribution in [2.75, 3.05) is 6.61 Å². The molecule has 1 unspecified atom stereocenters. The molecule has 0 heterocycles. The predicted octanol–water partition coefficient (Wildman–Crippen LogP) is 4.89. The van der Waals surface area contributed by atoms with Crippen molar-refractivity contribution in [3.63, 3.8) is 0 Å². The third-order valence-electron chi connectivity index (χ3n) is 8.42. The molecule has 3 nitrogen and oxygen atoms in total. The molecule has 0 aromatic rings. The molecule has 0 amide bonds. The zero-order valence-corrected chi connectivity index (χ0v) is 17.0. The normalized spacial score (nSPS) is 43.4. The largest absolute Gasteiger partial charge is 0.466 e. The molecule has 0 radical (unpaired) electrons. The molecule has 3 heteroatoms. The Balaban J connectivity index is 1.59. The molecule has 0 bridgehead atoms. The lowest BCUT2D eigenvalue weighted by atomic mass is 9.49. The molecule has 0 aliphatic heterocycles. The van der Waals surface area contributed by atoms with Gasteiger partial charge in [-0.05, 0) is 78.4 Å². The summed E-state index contributed by atoms with van der Waals surface area (Å²) in [4.78, 5) is 23.1. The fourth-order valence-electron chi connectivity index (χ4n) is 6.99. The van der Waals surface area contributed by atoms with E-state index in [4.69, 9.17) is 4.74 Å². The molecule has 0 aromatic heterocycles. The number of ketones is 1. The lowest BCUT2D eigenvalue weighted by molar-refractivity contribution is -0.143. The fraction of sp³-hybridized carbons (Fsp3) is 0.667.